The molecule has 0 radical (unpaired) electrons. The van der Waals surface area contributed by atoms with Crippen LogP contribution in [-0.2, 0) is 4.79 Å². The zero-order valence-corrected chi connectivity index (χ0v) is 9.19. The van der Waals surface area contributed by atoms with Crippen molar-refractivity contribution in [3.63, 3.8) is 0 Å². The summed E-state index contributed by atoms with van der Waals surface area (Å²) in [6.07, 6.45) is 0. The number of hydrogen-bond donors (Lipinski definition) is 1. The highest BCUT2D eigenvalue weighted by molar-refractivity contribution is 7.99. The number of carboxylic acid groups (broad SMARTS) is 1. The molecule has 0 aliphatic rings. The first-order chi connectivity index (χ1) is 8.06. The Morgan fingerprint density at radius 3 is 2.94 bits per heavy atom. The van der Waals surface area contributed by atoms with Gasteiger partial charge < -0.3 is 14.9 Å². The average molecular weight is 252 g/mol. The fraction of sp³-hybridized carbons (Fsp3) is 0.111. The van der Waals surface area contributed by atoms with Crippen LogP contribution in [0.4, 0.5) is 5.69 Å². The lowest BCUT2D eigenvalue weighted by Gasteiger charge is -1.96. The minimum atomic E-state index is -1.19. The Balaban J connectivity index is 2.30. The number of hydrogen-bond acceptors (Lipinski definition) is 6. The minimum absolute atomic E-state index is 0.0439. The van der Waals surface area contributed by atoms with Gasteiger partial charge in [0.25, 0.3) is 5.69 Å². The number of thioether (sulfide) groups is 1. The van der Waals surface area contributed by atoms with Crippen molar-refractivity contribution in [2.24, 2.45) is 0 Å². The van der Waals surface area contributed by atoms with E-state index in [0.29, 0.717) is 16.2 Å². The molecule has 0 saturated carbocycles. The Bertz CT molecular complexity index is 595. The van der Waals surface area contributed by atoms with Gasteiger partial charge >= 0.3 is 0 Å². The molecule has 0 amide bonds. The molecule has 2 aromatic rings. The van der Waals surface area contributed by atoms with Crippen molar-refractivity contribution >= 4 is 34.5 Å². The van der Waals surface area contributed by atoms with Crippen LogP contribution in [0.2, 0.25) is 0 Å². The van der Waals surface area contributed by atoms with Gasteiger partial charge in [-0.3, -0.25) is 10.1 Å². The predicted octanol–water partition coefficient (Wildman–Crippen LogP) is 0.313. The van der Waals surface area contributed by atoms with Crippen molar-refractivity contribution in [2.75, 3.05) is 5.75 Å². The summed E-state index contributed by atoms with van der Waals surface area (Å²) in [6.45, 7) is 0. The minimum Gasteiger partial charge on any atom is -0.549 e. The number of rotatable bonds is 4. The normalized spacial score (nSPS) is 10.6. The van der Waals surface area contributed by atoms with Crippen LogP contribution >= 0.6 is 11.8 Å². The summed E-state index contributed by atoms with van der Waals surface area (Å²) in [5, 5.41) is 21.2. The van der Waals surface area contributed by atoms with Crippen LogP contribution in [0.15, 0.2) is 23.4 Å². The van der Waals surface area contributed by atoms with E-state index in [9.17, 15) is 20.0 Å². The Hall–Kier alpha value is -2.09. The highest BCUT2D eigenvalue weighted by Gasteiger charge is 2.09. The molecule has 17 heavy (non-hydrogen) atoms. The topological polar surface area (TPSA) is 112 Å². The molecule has 2 rings (SSSR count). The second kappa shape index (κ2) is 4.42. The fourth-order valence-corrected chi connectivity index (χ4v) is 1.88. The van der Waals surface area contributed by atoms with E-state index < -0.39 is 10.9 Å². The number of non-ortho nitro benzene ring substituents is 1. The molecule has 7 nitrogen and oxygen atoms in total. The maximum Gasteiger partial charge on any atom is 0.271 e. The van der Waals surface area contributed by atoms with Gasteiger partial charge in [0, 0.05) is 17.9 Å². The third kappa shape index (κ3) is 2.53. The van der Waals surface area contributed by atoms with Crippen molar-refractivity contribution in [3.8, 4) is 0 Å². The third-order valence-corrected chi connectivity index (χ3v) is 2.83. The molecule has 0 unspecified atom stereocenters. The van der Waals surface area contributed by atoms with Crippen molar-refractivity contribution in [1.29, 1.82) is 0 Å². The summed E-state index contributed by atoms with van der Waals surface area (Å²) in [6, 6.07) is 4.20. The van der Waals surface area contributed by atoms with E-state index in [1.807, 2.05) is 0 Å². The van der Waals surface area contributed by atoms with E-state index in [0.717, 1.165) is 11.8 Å². The summed E-state index contributed by atoms with van der Waals surface area (Å²) in [5.41, 5.74) is 1.01. The number of aromatic amines is 1. The quantitative estimate of drug-likeness (QED) is 0.476. The first-order valence-corrected chi connectivity index (χ1v) is 5.51. The molecular formula is C9H6N3O4S-. The number of carboxylic acids is 1. The van der Waals surface area contributed by atoms with Crippen LogP contribution in [0.3, 0.4) is 0 Å². The second-order valence-electron chi connectivity index (χ2n) is 3.16. The van der Waals surface area contributed by atoms with Gasteiger partial charge in [0.1, 0.15) is 0 Å². The monoisotopic (exact) mass is 252 g/mol. The number of nitrogens with one attached hydrogen (secondary N) is 1. The maximum atomic E-state index is 10.5. The second-order valence-corrected chi connectivity index (χ2v) is 4.13. The summed E-state index contributed by atoms with van der Waals surface area (Å²) in [5.74, 6) is -1.41. The number of carbonyl (C=O) groups is 1. The van der Waals surface area contributed by atoms with E-state index in [4.69, 9.17) is 0 Å². The number of carbonyl (C=O) groups excluding carboxylic acids is 1. The molecule has 1 aromatic carbocycles. The van der Waals surface area contributed by atoms with E-state index in [1.165, 1.54) is 18.2 Å². The SMILES string of the molecule is O=C([O-])CSc1nc2ccc([N+](=O)[O-])cc2[nH]1. The third-order valence-electron chi connectivity index (χ3n) is 1.98. The highest BCUT2D eigenvalue weighted by Crippen LogP contribution is 2.22. The zero-order chi connectivity index (χ0) is 12.4. The molecule has 0 bridgehead atoms. The largest absolute Gasteiger partial charge is 0.549 e. The van der Waals surface area contributed by atoms with Crippen molar-refractivity contribution in [2.45, 2.75) is 5.16 Å². The Kier molecular flexibility index (Phi) is 2.96. The fourth-order valence-electron chi connectivity index (χ4n) is 1.28. The number of nitro groups is 1. The number of H-pyrrole nitrogens is 1. The van der Waals surface area contributed by atoms with Gasteiger partial charge in [0.2, 0.25) is 0 Å². The molecule has 0 saturated heterocycles. The Labute approximate surface area is 99.0 Å². The van der Waals surface area contributed by atoms with Gasteiger partial charge in [-0.1, -0.05) is 11.8 Å². The van der Waals surface area contributed by atoms with Crippen LogP contribution in [-0.4, -0.2) is 26.6 Å². The molecule has 1 N–H and O–H groups in total. The lowest BCUT2D eigenvalue weighted by atomic mass is 10.3. The van der Waals surface area contributed by atoms with Crippen LogP contribution in [0, 0.1) is 10.1 Å². The molecule has 1 heterocycles. The lowest BCUT2D eigenvalue weighted by molar-refractivity contribution is -0.384. The molecule has 8 heteroatoms. The number of aliphatic carboxylic acids is 1. The van der Waals surface area contributed by atoms with Gasteiger partial charge in [-0.25, -0.2) is 4.98 Å². The van der Waals surface area contributed by atoms with E-state index in [1.54, 1.807) is 0 Å². The van der Waals surface area contributed by atoms with Crippen LogP contribution in [0.5, 0.6) is 0 Å². The van der Waals surface area contributed by atoms with E-state index in [2.05, 4.69) is 9.97 Å². The molecule has 0 aliphatic heterocycles. The molecule has 1 aromatic heterocycles. The standard InChI is InChI=1S/C9H7N3O4S/c13-8(14)4-17-9-10-6-2-1-5(12(15)16)3-7(6)11-9/h1-3H,4H2,(H,10,11)(H,13,14)/p-1. The number of aromatic nitrogens is 2. The molecule has 88 valence electrons. The number of fused-ring (bicyclic) bond motifs is 1. The van der Waals surface area contributed by atoms with Gasteiger partial charge in [-0.05, 0) is 6.07 Å². The highest BCUT2D eigenvalue weighted by atomic mass is 32.2. The average Bonchev–Trinajstić information content (AvgIpc) is 2.67. The number of nitrogens with zero attached hydrogens (tertiary/aromatic N) is 2. The first-order valence-electron chi connectivity index (χ1n) is 4.53. The number of imidazole rings is 1. The first kappa shape index (κ1) is 11.4. The number of benzene rings is 1. The van der Waals surface area contributed by atoms with Gasteiger partial charge in [0.05, 0.1) is 21.9 Å². The van der Waals surface area contributed by atoms with Crippen molar-refractivity contribution < 1.29 is 14.8 Å². The van der Waals surface area contributed by atoms with Crippen LogP contribution in [0.1, 0.15) is 0 Å². The lowest BCUT2D eigenvalue weighted by Crippen LogP contribution is -2.24. The summed E-state index contributed by atoms with van der Waals surface area (Å²) >= 11 is 0.970. The smallest absolute Gasteiger partial charge is 0.271 e. The van der Waals surface area contributed by atoms with E-state index >= 15 is 0 Å². The van der Waals surface area contributed by atoms with Gasteiger partial charge in [-0.2, -0.15) is 0 Å². The van der Waals surface area contributed by atoms with Crippen LogP contribution < -0.4 is 5.11 Å². The molecule has 0 fully saturated rings. The zero-order valence-electron chi connectivity index (χ0n) is 8.37. The molecular weight excluding hydrogens is 246 g/mol. The summed E-state index contributed by atoms with van der Waals surface area (Å²) < 4.78 is 0. The van der Waals surface area contributed by atoms with Crippen molar-refractivity contribution in [1.82, 2.24) is 9.97 Å². The summed E-state index contributed by atoms with van der Waals surface area (Å²) in [4.78, 5) is 27.2. The molecule has 0 atom stereocenters. The molecule has 0 spiro atoms. The Morgan fingerprint density at radius 2 is 2.29 bits per heavy atom. The van der Waals surface area contributed by atoms with Crippen molar-refractivity contribution in [3.05, 3.63) is 28.3 Å². The molecule has 0 aliphatic carbocycles. The summed E-state index contributed by atoms with van der Waals surface area (Å²) in [7, 11) is 0. The van der Waals surface area contributed by atoms with Gasteiger partial charge in [-0.15, -0.1) is 0 Å². The van der Waals surface area contributed by atoms with Gasteiger partial charge in [0.15, 0.2) is 5.16 Å². The number of nitro benzene ring substituents is 1. The van der Waals surface area contributed by atoms with Crippen LogP contribution in [0.25, 0.3) is 11.0 Å². The van der Waals surface area contributed by atoms with E-state index in [-0.39, 0.29) is 11.4 Å². The predicted molar refractivity (Wildman–Crippen MR) is 58.5 cm³/mol. The Morgan fingerprint density at radius 1 is 1.53 bits per heavy atom. The maximum absolute atomic E-state index is 10.5.